The van der Waals surface area contributed by atoms with E-state index in [1.54, 1.807) is 0 Å². The predicted molar refractivity (Wildman–Crippen MR) is 325 cm³/mol. The molecule has 0 rings (SSSR count). The Balaban J connectivity index is 4.18. The first kappa shape index (κ1) is 71.1. The van der Waals surface area contributed by atoms with Gasteiger partial charge in [0.15, 0.2) is 6.10 Å². The zero-order chi connectivity index (χ0) is 54.3. The Morgan fingerprint density at radius 1 is 0.280 bits per heavy atom. The van der Waals surface area contributed by atoms with Gasteiger partial charge in [0.2, 0.25) is 0 Å². The van der Waals surface area contributed by atoms with Crippen LogP contribution in [0.25, 0.3) is 0 Å². The lowest BCUT2D eigenvalue weighted by Gasteiger charge is -2.18. The van der Waals surface area contributed by atoms with Crippen molar-refractivity contribution in [1.29, 1.82) is 0 Å². The van der Waals surface area contributed by atoms with Gasteiger partial charge in [0, 0.05) is 19.3 Å². The highest BCUT2D eigenvalue weighted by atomic mass is 16.6. The topological polar surface area (TPSA) is 78.9 Å². The van der Waals surface area contributed by atoms with Crippen LogP contribution in [0.15, 0.2) is 109 Å². The summed E-state index contributed by atoms with van der Waals surface area (Å²) in [4.78, 5) is 38.1. The van der Waals surface area contributed by atoms with Crippen molar-refractivity contribution in [2.75, 3.05) is 13.2 Å². The van der Waals surface area contributed by atoms with Gasteiger partial charge in [-0.3, -0.25) is 14.4 Å². The summed E-state index contributed by atoms with van der Waals surface area (Å²) in [7, 11) is 0. The number of rotatable bonds is 56. The molecule has 0 N–H and O–H groups in total. The van der Waals surface area contributed by atoms with Crippen molar-refractivity contribution in [3.63, 3.8) is 0 Å². The predicted octanol–water partition coefficient (Wildman–Crippen LogP) is 21.4. The van der Waals surface area contributed by atoms with Crippen molar-refractivity contribution in [3.05, 3.63) is 109 Å². The normalized spacial score (nSPS) is 12.8. The first-order valence-corrected chi connectivity index (χ1v) is 31.4. The molecular weight excluding hydrogens is 925 g/mol. The van der Waals surface area contributed by atoms with Gasteiger partial charge in [-0.15, -0.1) is 0 Å². The van der Waals surface area contributed by atoms with Gasteiger partial charge in [0.1, 0.15) is 13.2 Å². The molecule has 1 atom stereocenters. The van der Waals surface area contributed by atoms with E-state index in [0.29, 0.717) is 19.3 Å². The second kappa shape index (κ2) is 62.6. The minimum absolute atomic E-state index is 0.0841. The smallest absolute Gasteiger partial charge is 0.306 e. The van der Waals surface area contributed by atoms with Gasteiger partial charge in [-0.25, -0.2) is 0 Å². The van der Waals surface area contributed by atoms with Crippen LogP contribution in [-0.2, 0) is 28.6 Å². The van der Waals surface area contributed by atoms with Gasteiger partial charge in [0.05, 0.1) is 0 Å². The molecule has 0 aromatic carbocycles. The number of carbonyl (C=O) groups is 3. The minimum Gasteiger partial charge on any atom is -0.462 e. The second-order valence-electron chi connectivity index (χ2n) is 20.6. The van der Waals surface area contributed by atoms with E-state index < -0.39 is 6.10 Å². The summed E-state index contributed by atoms with van der Waals surface area (Å²) in [6, 6.07) is 0. The Kier molecular flexibility index (Phi) is 59.3. The van der Waals surface area contributed by atoms with Crippen molar-refractivity contribution < 1.29 is 28.6 Å². The maximum absolute atomic E-state index is 12.8. The van der Waals surface area contributed by atoms with E-state index in [-0.39, 0.29) is 31.1 Å². The molecule has 0 aliphatic rings. The van der Waals surface area contributed by atoms with Crippen LogP contribution in [0, 0.1) is 0 Å². The van der Waals surface area contributed by atoms with Gasteiger partial charge in [-0.05, 0) is 109 Å². The van der Waals surface area contributed by atoms with Crippen molar-refractivity contribution in [2.45, 2.75) is 297 Å². The molecule has 1 unspecified atom stereocenters. The van der Waals surface area contributed by atoms with Crippen molar-refractivity contribution in [3.8, 4) is 0 Å². The van der Waals surface area contributed by atoms with Crippen molar-refractivity contribution >= 4 is 17.9 Å². The van der Waals surface area contributed by atoms with E-state index in [1.165, 1.54) is 128 Å². The van der Waals surface area contributed by atoms with E-state index in [4.69, 9.17) is 14.2 Å². The lowest BCUT2D eigenvalue weighted by atomic mass is 10.1. The standard InChI is InChI=1S/C69H116O6/c1-4-7-10-13-16-18-20-22-24-26-28-30-31-32-33-34-35-36-37-39-40-42-44-46-48-50-53-56-59-62-68(71)74-65-66(64-73-67(70)61-58-55-52-15-12-9-6-3)75-69(72)63-60-57-54-51-49-47-45-43-41-38-29-27-25-23-21-19-17-14-11-8-5-2/h7,10,16,18,21-24,27-30,32-33,35-36,41,43,66H,4-6,8-9,11-15,17,19-20,25-26,31,34,37-40,42,44-65H2,1-3H3/b10-7-,18-16-,23-21-,24-22-,29-27-,30-28-,33-32-,36-35-,43-41-. The fourth-order valence-corrected chi connectivity index (χ4v) is 8.57. The average Bonchev–Trinajstić information content (AvgIpc) is 3.41. The molecule has 6 heteroatoms. The first-order valence-electron chi connectivity index (χ1n) is 31.4. The van der Waals surface area contributed by atoms with Crippen LogP contribution < -0.4 is 0 Å². The second-order valence-corrected chi connectivity index (χ2v) is 20.6. The molecule has 0 aliphatic carbocycles. The largest absolute Gasteiger partial charge is 0.462 e. The number of allylic oxidation sites excluding steroid dienone is 18. The first-order chi connectivity index (χ1) is 37.0. The number of hydrogen-bond acceptors (Lipinski definition) is 6. The Hall–Kier alpha value is -3.93. The molecule has 0 aromatic rings. The number of unbranched alkanes of at least 4 members (excludes halogenated alkanes) is 27. The van der Waals surface area contributed by atoms with Gasteiger partial charge < -0.3 is 14.2 Å². The summed E-state index contributed by atoms with van der Waals surface area (Å²) in [6.45, 7) is 6.47. The monoisotopic (exact) mass is 1040 g/mol. The fraction of sp³-hybridized carbons (Fsp3) is 0.696. The average molecular weight is 1040 g/mol. The Morgan fingerprint density at radius 3 is 0.813 bits per heavy atom. The van der Waals surface area contributed by atoms with E-state index in [1.807, 2.05) is 0 Å². The van der Waals surface area contributed by atoms with Gasteiger partial charge >= 0.3 is 17.9 Å². The quantitative estimate of drug-likeness (QED) is 0.0261. The maximum atomic E-state index is 12.8. The zero-order valence-electron chi connectivity index (χ0n) is 49.0. The highest BCUT2D eigenvalue weighted by Gasteiger charge is 2.19. The summed E-state index contributed by atoms with van der Waals surface area (Å²) in [6.07, 6.45) is 85.4. The highest BCUT2D eigenvalue weighted by Crippen LogP contribution is 2.15. The van der Waals surface area contributed by atoms with Crippen LogP contribution in [0.3, 0.4) is 0 Å². The van der Waals surface area contributed by atoms with Crippen molar-refractivity contribution in [2.24, 2.45) is 0 Å². The SMILES string of the molecule is CC/C=C\C/C=C\C/C=C\C/C=C\C/C=C\C/C=C\CCCCCCCCCCCCC(=O)OCC(COC(=O)CCCCCCCCC)OC(=O)CCCCCCCC/C=C\C/C=C\C/C=C\CCCCCCC. The third kappa shape index (κ3) is 60.8. The Labute approximate surface area is 463 Å². The molecule has 0 fully saturated rings. The molecule has 0 bridgehead atoms. The molecule has 0 saturated heterocycles. The molecule has 0 saturated carbocycles. The molecule has 0 aliphatic heterocycles. The van der Waals surface area contributed by atoms with Gasteiger partial charge in [0.25, 0.3) is 0 Å². The molecule has 0 heterocycles. The molecule has 6 nitrogen and oxygen atoms in total. The number of hydrogen-bond donors (Lipinski definition) is 0. The zero-order valence-corrected chi connectivity index (χ0v) is 49.0. The fourth-order valence-electron chi connectivity index (χ4n) is 8.57. The lowest BCUT2D eigenvalue weighted by Crippen LogP contribution is -2.30. The van der Waals surface area contributed by atoms with Crippen LogP contribution in [-0.4, -0.2) is 37.2 Å². The van der Waals surface area contributed by atoms with Crippen LogP contribution in [0.1, 0.15) is 290 Å². The summed E-state index contributed by atoms with van der Waals surface area (Å²) in [5.74, 6) is -0.904. The van der Waals surface area contributed by atoms with E-state index in [9.17, 15) is 14.4 Å². The maximum Gasteiger partial charge on any atom is 0.306 e. The van der Waals surface area contributed by atoms with Gasteiger partial charge in [-0.2, -0.15) is 0 Å². The van der Waals surface area contributed by atoms with Crippen LogP contribution >= 0.6 is 0 Å². The molecule has 0 spiro atoms. The third-order valence-electron chi connectivity index (χ3n) is 13.3. The van der Waals surface area contributed by atoms with Crippen LogP contribution in [0.5, 0.6) is 0 Å². The van der Waals surface area contributed by atoms with Crippen LogP contribution in [0.4, 0.5) is 0 Å². The summed E-state index contributed by atoms with van der Waals surface area (Å²) >= 11 is 0. The van der Waals surface area contributed by atoms with Crippen molar-refractivity contribution in [1.82, 2.24) is 0 Å². The van der Waals surface area contributed by atoms with Crippen LogP contribution in [0.2, 0.25) is 0 Å². The summed E-state index contributed by atoms with van der Waals surface area (Å²) < 4.78 is 16.8. The Bertz CT molecular complexity index is 1520. The Morgan fingerprint density at radius 2 is 0.520 bits per heavy atom. The van der Waals surface area contributed by atoms with E-state index >= 15 is 0 Å². The molecular formula is C69H116O6. The molecule has 0 radical (unpaired) electrons. The molecule has 0 aromatic heterocycles. The number of ether oxygens (including phenoxy) is 3. The van der Waals surface area contributed by atoms with E-state index in [0.717, 1.165) is 122 Å². The third-order valence-corrected chi connectivity index (χ3v) is 13.3. The number of carbonyl (C=O) groups excluding carboxylic acids is 3. The summed E-state index contributed by atoms with van der Waals surface area (Å²) in [5, 5.41) is 0. The number of esters is 3. The summed E-state index contributed by atoms with van der Waals surface area (Å²) in [5.41, 5.74) is 0. The molecule has 428 valence electrons. The minimum atomic E-state index is -0.786. The molecule has 0 amide bonds. The van der Waals surface area contributed by atoms with Gasteiger partial charge in [-0.1, -0.05) is 271 Å². The lowest BCUT2D eigenvalue weighted by molar-refractivity contribution is -0.167. The van der Waals surface area contributed by atoms with E-state index in [2.05, 4.69) is 130 Å². The molecule has 75 heavy (non-hydrogen) atoms. The highest BCUT2D eigenvalue weighted by molar-refractivity contribution is 5.71.